The number of rotatable bonds is 1. The molecule has 4 heteroatoms. The molecule has 0 saturated heterocycles. The molecule has 12 heavy (non-hydrogen) atoms. The SMILES string of the molecule is O=S1NC(c2ccccc2)=CO1. The molecule has 1 aliphatic rings. The zero-order chi connectivity index (χ0) is 8.39. The van der Waals surface area contributed by atoms with Crippen molar-refractivity contribution in [2.24, 2.45) is 0 Å². The first kappa shape index (κ1) is 7.36. The van der Waals surface area contributed by atoms with Gasteiger partial charge < -0.3 is 4.18 Å². The van der Waals surface area contributed by atoms with Crippen LogP contribution < -0.4 is 4.72 Å². The Labute approximate surface area is 72.8 Å². The molecule has 1 aromatic carbocycles. The molecule has 2 rings (SSSR count). The Morgan fingerprint density at radius 2 is 2.00 bits per heavy atom. The van der Waals surface area contributed by atoms with E-state index >= 15 is 0 Å². The van der Waals surface area contributed by atoms with Crippen molar-refractivity contribution in [1.29, 1.82) is 0 Å². The van der Waals surface area contributed by atoms with Crippen LogP contribution in [0.2, 0.25) is 0 Å². The molecule has 0 aromatic heterocycles. The minimum absolute atomic E-state index is 0.758. The normalized spacial score (nSPS) is 21.0. The van der Waals surface area contributed by atoms with Gasteiger partial charge in [0.1, 0.15) is 6.26 Å². The van der Waals surface area contributed by atoms with Gasteiger partial charge in [-0.3, -0.25) is 4.72 Å². The van der Waals surface area contributed by atoms with Crippen molar-refractivity contribution in [2.45, 2.75) is 0 Å². The Kier molecular flexibility index (Phi) is 1.83. The van der Waals surface area contributed by atoms with E-state index in [1.54, 1.807) is 0 Å². The van der Waals surface area contributed by atoms with E-state index in [1.807, 2.05) is 30.3 Å². The second-order valence-corrected chi connectivity index (χ2v) is 3.20. The first-order valence-electron chi connectivity index (χ1n) is 3.47. The number of hydrogen-bond donors (Lipinski definition) is 1. The van der Waals surface area contributed by atoms with Crippen LogP contribution in [0.4, 0.5) is 0 Å². The fourth-order valence-electron chi connectivity index (χ4n) is 0.974. The lowest BCUT2D eigenvalue weighted by atomic mass is 10.2. The van der Waals surface area contributed by atoms with Gasteiger partial charge in [-0.15, -0.1) is 0 Å². The third kappa shape index (κ3) is 1.33. The summed E-state index contributed by atoms with van der Waals surface area (Å²) in [5, 5.41) is 0. The monoisotopic (exact) mass is 181 g/mol. The number of nitrogens with one attached hydrogen (secondary N) is 1. The molecule has 0 fully saturated rings. The van der Waals surface area contributed by atoms with Gasteiger partial charge in [-0.2, -0.15) is 4.21 Å². The maximum Gasteiger partial charge on any atom is 0.315 e. The lowest BCUT2D eigenvalue weighted by molar-refractivity contribution is 0.517. The third-order valence-corrected chi connectivity index (χ3v) is 2.19. The van der Waals surface area contributed by atoms with Crippen LogP contribution in [0.1, 0.15) is 5.56 Å². The second-order valence-electron chi connectivity index (χ2n) is 2.33. The molecule has 0 amide bonds. The number of hydrogen-bond acceptors (Lipinski definition) is 2. The van der Waals surface area contributed by atoms with Gasteiger partial charge in [0.2, 0.25) is 0 Å². The molecule has 0 spiro atoms. The van der Waals surface area contributed by atoms with Crippen LogP contribution in [0.3, 0.4) is 0 Å². The van der Waals surface area contributed by atoms with Gasteiger partial charge in [0, 0.05) is 5.56 Å². The Morgan fingerprint density at radius 3 is 2.58 bits per heavy atom. The maximum absolute atomic E-state index is 10.8. The zero-order valence-electron chi connectivity index (χ0n) is 6.19. The van der Waals surface area contributed by atoms with E-state index in [9.17, 15) is 4.21 Å². The largest absolute Gasteiger partial charge is 0.391 e. The van der Waals surface area contributed by atoms with Gasteiger partial charge in [0.15, 0.2) is 0 Å². The van der Waals surface area contributed by atoms with Gasteiger partial charge in [-0.1, -0.05) is 30.3 Å². The van der Waals surface area contributed by atoms with Crippen LogP contribution in [-0.4, -0.2) is 4.21 Å². The van der Waals surface area contributed by atoms with E-state index in [-0.39, 0.29) is 0 Å². The van der Waals surface area contributed by atoms with Crippen molar-refractivity contribution in [1.82, 2.24) is 4.72 Å². The van der Waals surface area contributed by atoms with E-state index < -0.39 is 11.3 Å². The van der Waals surface area contributed by atoms with Crippen molar-refractivity contribution < 1.29 is 8.39 Å². The summed E-state index contributed by atoms with van der Waals surface area (Å²) in [6.07, 6.45) is 1.46. The molecule has 0 bridgehead atoms. The highest BCUT2D eigenvalue weighted by Gasteiger charge is 2.12. The molecule has 1 N–H and O–H groups in total. The van der Waals surface area contributed by atoms with Gasteiger partial charge in [-0.05, 0) is 0 Å². The maximum atomic E-state index is 10.8. The summed E-state index contributed by atoms with van der Waals surface area (Å²) >= 11 is -1.40. The topological polar surface area (TPSA) is 38.3 Å². The highest BCUT2D eigenvalue weighted by atomic mass is 32.2. The highest BCUT2D eigenvalue weighted by Crippen LogP contribution is 2.15. The molecule has 62 valence electrons. The average Bonchev–Trinajstić information content (AvgIpc) is 2.54. The molecule has 1 unspecified atom stereocenters. The molecule has 3 nitrogen and oxygen atoms in total. The lowest BCUT2D eigenvalue weighted by Crippen LogP contribution is -2.08. The summed E-state index contributed by atoms with van der Waals surface area (Å²) in [4.78, 5) is 0. The van der Waals surface area contributed by atoms with Crippen LogP contribution in [0.5, 0.6) is 0 Å². The van der Waals surface area contributed by atoms with E-state index in [1.165, 1.54) is 6.26 Å². The molecular formula is C8H7NO2S. The van der Waals surface area contributed by atoms with Gasteiger partial charge >= 0.3 is 11.3 Å². The first-order chi connectivity index (χ1) is 5.86. The van der Waals surface area contributed by atoms with Crippen LogP contribution in [0.15, 0.2) is 36.6 Å². The predicted molar refractivity (Wildman–Crippen MR) is 46.8 cm³/mol. The van der Waals surface area contributed by atoms with Gasteiger partial charge in [0.05, 0.1) is 5.70 Å². The summed E-state index contributed by atoms with van der Waals surface area (Å²) in [6.45, 7) is 0. The average molecular weight is 181 g/mol. The van der Waals surface area contributed by atoms with Crippen LogP contribution >= 0.6 is 0 Å². The van der Waals surface area contributed by atoms with Crippen molar-refractivity contribution in [3.05, 3.63) is 42.2 Å². The van der Waals surface area contributed by atoms with Crippen molar-refractivity contribution in [3.8, 4) is 0 Å². The molecule has 0 aliphatic carbocycles. The van der Waals surface area contributed by atoms with Gasteiger partial charge in [-0.25, -0.2) is 0 Å². The molecule has 0 radical (unpaired) electrons. The molecule has 1 atom stereocenters. The van der Waals surface area contributed by atoms with Crippen LogP contribution in [0.25, 0.3) is 5.70 Å². The van der Waals surface area contributed by atoms with E-state index in [0.717, 1.165) is 11.3 Å². The summed E-state index contributed by atoms with van der Waals surface area (Å²) in [6, 6.07) is 9.60. The smallest absolute Gasteiger partial charge is 0.315 e. The molecule has 1 aromatic rings. The van der Waals surface area contributed by atoms with E-state index in [4.69, 9.17) is 4.18 Å². The summed E-state index contributed by atoms with van der Waals surface area (Å²) < 4.78 is 18.2. The first-order valence-corrected chi connectivity index (χ1v) is 4.55. The fraction of sp³-hybridized carbons (Fsp3) is 0. The lowest BCUT2D eigenvalue weighted by Gasteiger charge is -1.97. The predicted octanol–water partition coefficient (Wildman–Crippen LogP) is 1.18. The standard InChI is InChI=1S/C8H7NO2S/c10-12-9-8(6-11-12)7-4-2-1-3-5-7/h1-6,9H. The van der Waals surface area contributed by atoms with E-state index in [2.05, 4.69) is 4.72 Å². The van der Waals surface area contributed by atoms with Crippen molar-refractivity contribution in [2.75, 3.05) is 0 Å². The summed E-state index contributed by atoms with van der Waals surface area (Å²) in [7, 11) is 0. The fourth-order valence-corrected chi connectivity index (χ4v) is 1.55. The van der Waals surface area contributed by atoms with Crippen LogP contribution in [-0.2, 0) is 15.4 Å². The van der Waals surface area contributed by atoms with Gasteiger partial charge in [0.25, 0.3) is 0 Å². The van der Waals surface area contributed by atoms with Crippen molar-refractivity contribution in [3.63, 3.8) is 0 Å². The Morgan fingerprint density at radius 1 is 1.25 bits per heavy atom. The van der Waals surface area contributed by atoms with E-state index in [0.29, 0.717) is 0 Å². The minimum atomic E-state index is -1.40. The molecule has 1 heterocycles. The summed E-state index contributed by atoms with van der Waals surface area (Å²) in [5.41, 5.74) is 1.73. The second kappa shape index (κ2) is 2.98. The Bertz CT molecular complexity index is 334. The summed E-state index contributed by atoms with van der Waals surface area (Å²) in [5.74, 6) is 0. The quantitative estimate of drug-likeness (QED) is 0.706. The Hall–Kier alpha value is -1.29. The molecule has 0 saturated carbocycles. The zero-order valence-corrected chi connectivity index (χ0v) is 7.01. The van der Waals surface area contributed by atoms with Crippen LogP contribution in [0, 0.1) is 0 Å². The third-order valence-electron chi connectivity index (χ3n) is 1.53. The Balaban J connectivity index is 2.28. The minimum Gasteiger partial charge on any atom is -0.391 e. The highest BCUT2D eigenvalue weighted by molar-refractivity contribution is 7.78. The van der Waals surface area contributed by atoms with Crippen molar-refractivity contribution >= 4 is 17.0 Å². The molecular weight excluding hydrogens is 174 g/mol. The number of benzene rings is 1. The molecule has 1 aliphatic heterocycles.